The van der Waals surface area contributed by atoms with Crippen molar-refractivity contribution in [3.8, 4) is 0 Å². The molecule has 0 saturated heterocycles. The summed E-state index contributed by atoms with van der Waals surface area (Å²) in [6, 6.07) is 15.6. The smallest absolute Gasteiger partial charge is 0.225 e. The third kappa shape index (κ3) is 3.86. The summed E-state index contributed by atoms with van der Waals surface area (Å²) >= 11 is 1.50. The third-order valence-corrected chi connectivity index (χ3v) is 4.58. The minimum Gasteiger partial charge on any atom is -0.344 e. The van der Waals surface area contributed by atoms with Crippen molar-refractivity contribution in [3.05, 3.63) is 93.7 Å². The molecule has 2 aromatic carbocycles. The second-order valence-corrected chi connectivity index (χ2v) is 6.31. The molecule has 1 aromatic heterocycles. The van der Waals surface area contributed by atoms with E-state index < -0.39 is 5.82 Å². The second kappa shape index (κ2) is 7.36. The van der Waals surface area contributed by atoms with E-state index in [0.717, 1.165) is 10.4 Å². The van der Waals surface area contributed by atoms with Crippen LogP contribution in [0.15, 0.2) is 66.0 Å². The summed E-state index contributed by atoms with van der Waals surface area (Å²) in [6.45, 7) is 0. The van der Waals surface area contributed by atoms with E-state index in [4.69, 9.17) is 0 Å². The molecule has 0 aliphatic rings. The van der Waals surface area contributed by atoms with Crippen LogP contribution in [-0.2, 0) is 11.2 Å². The van der Waals surface area contributed by atoms with Crippen LogP contribution in [0.1, 0.15) is 22.0 Å². The maximum absolute atomic E-state index is 13.7. The lowest BCUT2D eigenvalue weighted by molar-refractivity contribution is -0.121. The Morgan fingerprint density at radius 3 is 2.42 bits per heavy atom. The Morgan fingerprint density at radius 2 is 1.75 bits per heavy atom. The number of amides is 1. The predicted octanol–water partition coefficient (Wildman–Crippen LogP) is 4.47. The Labute approximate surface area is 142 Å². The van der Waals surface area contributed by atoms with E-state index in [1.54, 1.807) is 30.3 Å². The Bertz CT molecular complexity index is 816. The summed E-state index contributed by atoms with van der Waals surface area (Å²) in [5, 5.41) is 4.82. The molecule has 1 N–H and O–H groups in total. The van der Waals surface area contributed by atoms with Crippen LogP contribution in [0.3, 0.4) is 0 Å². The number of halogens is 2. The highest BCUT2D eigenvalue weighted by atomic mass is 32.1. The summed E-state index contributed by atoms with van der Waals surface area (Å²) in [4.78, 5) is 13.3. The molecule has 1 heterocycles. The van der Waals surface area contributed by atoms with Gasteiger partial charge >= 0.3 is 0 Å². The van der Waals surface area contributed by atoms with Gasteiger partial charge in [-0.15, -0.1) is 11.3 Å². The molecule has 3 rings (SSSR count). The minimum atomic E-state index is -0.401. The molecule has 3 aromatic rings. The Kier molecular flexibility index (Phi) is 5.01. The van der Waals surface area contributed by atoms with Crippen LogP contribution in [-0.4, -0.2) is 5.91 Å². The molecule has 0 fully saturated rings. The zero-order chi connectivity index (χ0) is 16.9. The summed E-state index contributed by atoms with van der Waals surface area (Å²) in [7, 11) is 0. The number of hydrogen-bond acceptors (Lipinski definition) is 2. The predicted molar refractivity (Wildman–Crippen MR) is 90.8 cm³/mol. The van der Waals surface area contributed by atoms with Crippen molar-refractivity contribution in [2.75, 3.05) is 0 Å². The van der Waals surface area contributed by atoms with Gasteiger partial charge in [-0.2, -0.15) is 0 Å². The first-order chi connectivity index (χ1) is 11.6. The molecule has 0 saturated carbocycles. The molecule has 24 heavy (non-hydrogen) atoms. The third-order valence-electron chi connectivity index (χ3n) is 3.65. The van der Waals surface area contributed by atoms with Crippen LogP contribution in [0.25, 0.3) is 0 Å². The minimum absolute atomic E-state index is 0.0459. The van der Waals surface area contributed by atoms with E-state index in [9.17, 15) is 13.6 Å². The summed E-state index contributed by atoms with van der Waals surface area (Å²) in [5.41, 5.74) is 1.12. The monoisotopic (exact) mass is 343 g/mol. The van der Waals surface area contributed by atoms with Gasteiger partial charge in [-0.3, -0.25) is 4.79 Å². The fourth-order valence-electron chi connectivity index (χ4n) is 2.46. The lowest BCUT2D eigenvalue weighted by Crippen LogP contribution is -2.30. The Balaban J connectivity index is 1.81. The van der Waals surface area contributed by atoms with Crippen LogP contribution in [0.5, 0.6) is 0 Å². The topological polar surface area (TPSA) is 29.1 Å². The van der Waals surface area contributed by atoms with E-state index in [1.807, 2.05) is 17.5 Å². The Hall–Kier alpha value is -2.53. The molecule has 1 atom stereocenters. The second-order valence-electron chi connectivity index (χ2n) is 5.34. The number of thiophene rings is 1. The number of hydrogen-bond donors (Lipinski definition) is 1. The number of carbonyl (C=O) groups is 1. The van der Waals surface area contributed by atoms with Gasteiger partial charge in [-0.05, 0) is 40.8 Å². The van der Waals surface area contributed by atoms with Crippen molar-refractivity contribution in [1.29, 1.82) is 0 Å². The average Bonchev–Trinajstić information content (AvgIpc) is 3.10. The molecular weight excluding hydrogens is 328 g/mol. The highest BCUT2D eigenvalue weighted by Gasteiger charge is 2.18. The standard InChI is InChI=1S/C19H15F2NOS/c20-15-9-7-13(8-10-15)19(17-6-3-11-24-17)22-18(23)12-14-4-1-2-5-16(14)21/h1-11,19H,12H2,(H,22,23). The van der Waals surface area contributed by atoms with E-state index >= 15 is 0 Å². The maximum atomic E-state index is 13.7. The van der Waals surface area contributed by atoms with Crippen molar-refractivity contribution in [1.82, 2.24) is 5.32 Å². The van der Waals surface area contributed by atoms with Crippen molar-refractivity contribution in [2.24, 2.45) is 0 Å². The summed E-state index contributed by atoms with van der Waals surface area (Å²) in [6.07, 6.45) is -0.0459. The first-order valence-corrected chi connectivity index (χ1v) is 8.33. The van der Waals surface area contributed by atoms with Gasteiger partial charge in [0.15, 0.2) is 0 Å². The average molecular weight is 343 g/mol. The van der Waals surface area contributed by atoms with Gasteiger partial charge in [0.05, 0.1) is 12.5 Å². The molecule has 5 heteroatoms. The molecule has 0 aliphatic carbocycles. The number of nitrogens with one attached hydrogen (secondary N) is 1. The molecule has 1 unspecified atom stereocenters. The van der Waals surface area contributed by atoms with Crippen LogP contribution >= 0.6 is 11.3 Å². The highest BCUT2D eigenvalue weighted by Crippen LogP contribution is 2.26. The van der Waals surface area contributed by atoms with E-state index in [2.05, 4.69) is 5.32 Å². The van der Waals surface area contributed by atoms with Gasteiger partial charge in [0.1, 0.15) is 11.6 Å². The molecule has 1 amide bonds. The van der Waals surface area contributed by atoms with Gasteiger partial charge in [-0.25, -0.2) is 8.78 Å². The van der Waals surface area contributed by atoms with Crippen molar-refractivity contribution >= 4 is 17.2 Å². The fourth-order valence-corrected chi connectivity index (χ4v) is 3.26. The van der Waals surface area contributed by atoms with E-state index in [-0.39, 0.29) is 24.2 Å². The molecule has 0 aliphatic heterocycles. The highest BCUT2D eigenvalue weighted by molar-refractivity contribution is 7.10. The van der Waals surface area contributed by atoms with Crippen molar-refractivity contribution in [3.63, 3.8) is 0 Å². The van der Waals surface area contributed by atoms with Crippen LogP contribution < -0.4 is 5.32 Å². The van der Waals surface area contributed by atoms with Gasteiger partial charge in [0.25, 0.3) is 0 Å². The zero-order valence-electron chi connectivity index (χ0n) is 12.7. The molecule has 2 nitrogen and oxygen atoms in total. The Morgan fingerprint density at radius 1 is 1.00 bits per heavy atom. The van der Waals surface area contributed by atoms with Crippen LogP contribution in [0.4, 0.5) is 8.78 Å². The normalized spacial score (nSPS) is 11.9. The van der Waals surface area contributed by atoms with Gasteiger partial charge in [0, 0.05) is 4.88 Å². The quantitative estimate of drug-likeness (QED) is 0.727. The van der Waals surface area contributed by atoms with Crippen molar-refractivity contribution in [2.45, 2.75) is 12.5 Å². The molecular formula is C19H15F2NOS. The van der Waals surface area contributed by atoms with Crippen LogP contribution in [0.2, 0.25) is 0 Å². The maximum Gasteiger partial charge on any atom is 0.225 e. The van der Waals surface area contributed by atoms with Crippen molar-refractivity contribution < 1.29 is 13.6 Å². The number of benzene rings is 2. The van der Waals surface area contributed by atoms with E-state index in [0.29, 0.717) is 5.56 Å². The zero-order valence-corrected chi connectivity index (χ0v) is 13.5. The number of carbonyl (C=O) groups excluding carboxylic acids is 1. The molecule has 0 radical (unpaired) electrons. The lowest BCUT2D eigenvalue weighted by Gasteiger charge is -2.18. The van der Waals surface area contributed by atoms with Crippen LogP contribution in [0, 0.1) is 11.6 Å². The lowest BCUT2D eigenvalue weighted by atomic mass is 10.0. The fraction of sp³-hybridized carbons (Fsp3) is 0.105. The largest absolute Gasteiger partial charge is 0.344 e. The summed E-state index contributed by atoms with van der Waals surface area (Å²) < 4.78 is 26.9. The molecule has 0 spiro atoms. The van der Waals surface area contributed by atoms with E-state index in [1.165, 1.54) is 29.5 Å². The number of rotatable bonds is 5. The van der Waals surface area contributed by atoms with Gasteiger partial charge < -0.3 is 5.32 Å². The summed E-state index contributed by atoms with van der Waals surface area (Å²) in [5.74, 6) is -1.02. The molecule has 122 valence electrons. The SMILES string of the molecule is O=C(Cc1ccccc1F)NC(c1ccc(F)cc1)c1cccs1. The van der Waals surface area contributed by atoms with Gasteiger partial charge in [-0.1, -0.05) is 36.4 Å². The first-order valence-electron chi connectivity index (χ1n) is 7.45. The first kappa shape index (κ1) is 16.3. The van der Waals surface area contributed by atoms with Gasteiger partial charge in [0.2, 0.25) is 5.91 Å². The molecule has 0 bridgehead atoms.